The van der Waals surface area contributed by atoms with Crippen LogP contribution in [-0.2, 0) is 16.1 Å². The lowest BCUT2D eigenvalue weighted by atomic mass is 9.68. The van der Waals surface area contributed by atoms with Crippen LogP contribution >= 0.6 is 11.6 Å². The van der Waals surface area contributed by atoms with E-state index in [1.165, 1.54) is 22.9 Å². The normalized spacial score (nSPS) is 15.2. The van der Waals surface area contributed by atoms with E-state index in [9.17, 15) is 19.5 Å². The second kappa shape index (κ2) is 6.72. The average Bonchev–Trinajstić information content (AvgIpc) is 2.51. The van der Waals surface area contributed by atoms with Gasteiger partial charge < -0.3 is 15.0 Å². The van der Waals surface area contributed by atoms with E-state index >= 15 is 0 Å². The van der Waals surface area contributed by atoms with Crippen LogP contribution in [0.4, 0.5) is 5.69 Å². The number of carbonyl (C=O) groups excluding carboxylic acids is 1. The molecule has 0 spiro atoms. The Hall–Kier alpha value is -2.60. The lowest BCUT2D eigenvalue weighted by molar-refractivity contribution is -0.159. The number of hydrogen-bond acceptors (Lipinski definition) is 3. The highest BCUT2D eigenvalue weighted by Crippen LogP contribution is 2.42. The number of amides is 1. The molecule has 130 valence electrons. The molecule has 0 saturated heterocycles. The highest BCUT2D eigenvalue weighted by molar-refractivity contribution is 6.31. The SMILES string of the molecule is O=C(O)C1(C(=O)Nc2ccc(=O)n(Cc3ccccc3Cl)c2)CCC1. The van der Waals surface area contributed by atoms with Gasteiger partial charge in [-0.2, -0.15) is 0 Å². The van der Waals surface area contributed by atoms with Crippen LogP contribution in [0.3, 0.4) is 0 Å². The summed E-state index contributed by atoms with van der Waals surface area (Å²) in [7, 11) is 0. The zero-order valence-electron chi connectivity index (χ0n) is 13.4. The molecule has 25 heavy (non-hydrogen) atoms. The van der Waals surface area contributed by atoms with Crippen molar-refractivity contribution in [2.75, 3.05) is 5.32 Å². The molecule has 1 aromatic heterocycles. The molecule has 1 aromatic carbocycles. The molecule has 2 aromatic rings. The van der Waals surface area contributed by atoms with Crippen molar-refractivity contribution in [3.63, 3.8) is 0 Å². The van der Waals surface area contributed by atoms with Gasteiger partial charge in [-0.05, 0) is 30.5 Å². The largest absolute Gasteiger partial charge is 0.480 e. The first-order valence-electron chi connectivity index (χ1n) is 7.91. The van der Waals surface area contributed by atoms with Gasteiger partial charge in [0, 0.05) is 17.3 Å². The summed E-state index contributed by atoms with van der Waals surface area (Å²) in [5, 5.41) is 12.5. The molecule has 1 heterocycles. The van der Waals surface area contributed by atoms with Gasteiger partial charge in [-0.3, -0.25) is 14.4 Å². The van der Waals surface area contributed by atoms with Gasteiger partial charge in [0.05, 0.1) is 12.2 Å². The molecule has 6 nitrogen and oxygen atoms in total. The predicted octanol–water partition coefficient (Wildman–Crippen LogP) is 2.74. The van der Waals surface area contributed by atoms with E-state index < -0.39 is 17.3 Å². The maximum Gasteiger partial charge on any atom is 0.319 e. The van der Waals surface area contributed by atoms with E-state index in [-0.39, 0.29) is 12.1 Å². The number of hydrogen-bond donors (Lipinski definition) is 2. The first-order valence-corrected chi connectivity index (χ1v) is 8.29. The molecular weight excluding hydrogens is 344 g/mol. The van der Waals surface area contributed by atoms with Crippen LogP contribution in [0.2, 0.25) is 5.02 Å². The van der Waals surface area contributed by atoms with E-state index in [4.69, 9.17) is 11.6 Å². The minimum absolute atomic E-state index is 0.241. The third-order valence-corrected chi connectivity index (χ3v) is 4.96. The monoisotopic (exact) mass is 360 g/mol. The Morgan fingerprint density at radius 1 is 1.20 bits per heavy atom. The number of pyridine rings is 1. The number of anilines is 1. The minimum atomic E-state index is -1.36. The smallest absolute Gasteiger partial charge is 0.319 e. The lowest BCUT2D eigenvalue weighted by Crippen LogP contribution is -2.48. The molecule has 3 rings (SSSR count). The summed E-state index contributed by atoms with van der Waals surface area (Å²) in [5.41, 5.74) is -0.446. The molecule has 0 atom stereocenters. The molecule has 1 saturated carbocycles. The van der Waals surface area contributed by atoms with Crippen molar-refractivity contribution in [3.05, 3.63) is 63.5 Å². The first-order chi connectivity index (χ1) is 11.9. The Balaban J connectivity index is 1.82. The van der Waals surface area contributed by atoms with Crippen molar-refractivity contribution in [2.24, 2.45) is 5.41 Å². The van der Waals surface area contributed by atoms with Crippen LogP contribution in [-0.4, -0.2) is 21.6 Å². The van der Waals surface area contributed by atoms with E-state index in [1.54, 1.807) is 12.1 Å². The van der Waals surface area contributed by atoms with E-state index in [2.05, 4.69) is 5.32 Å². The number of aliphatic carboxylic acids is 1. The average molecular weight is 361 g/mol. The van der Waals surface area contributed by atoms with Crippen LogP contribution in [0, 0.1) is 5.41 Å². The highest BCUT2D eigenvalue weighted by atomic mass is 35.5. The molecule has 0 aliphatic heterocycles. The molecule has 7 heteroatoms. The third kappa shape index (κ3) is 3.30. The van der Waals surface area contributed by atoms with Gasteiger partial charge in [-0.25, -0.2) is 0 Å². The van der Waals surface area contributed by atoms with Crippen molar-refractivity contribution in [1.82, 2.24) is 4.57 Å². The van der Waals surface area contributed by atoms with Crippen LogP contribution in [0.5, 0.6) is 0 Å². The van der Waals surface area contributed by atoms with Crippen molar-refractivity contribution >= 4 is 29.2 Å². The molecule has 1 fully saturated rings. The van der Waals surface area contributed by atoms with Crippen molar-refractivity contribution in [3.8, 4) is 0 Å². The Morgan fingerprint density at radius 2 is 1.92 bits per heavy atom. The fourth-order valence-corrected chi connectivity index (χ4v) is 3.05. The summed E-state index contributed by atoms with van der Waals surface area (Å²) in [4.78, 5) is 35.8. The molecule has 1 aliphatic carbocycles. The van der Waals surface area contributed by atoms with Gasteiger partial charge in [0.2, 0.25) is 5.91 Å². The van der Waals surface area contributed by atoms with E-state index in [1.807, 2.05) is 12.1 Å². The number of nitrogens with zero attached hydrogens (tertiary/aromatic N) is 1. The maximum absolute atomic E-state index is 12.4. The Bertz CT molecular complexity index is 887. The summed E-state index contributed by atoms with van der Waals surface area (Å²) in [6.07, 6.45) is 2.87. The van der Waals surface area contributed by atoms with Gasteiger partial charge in [0.25, 0.3) is 5.56 Å². The van der Waals surface area contributed by atoms with Crippen LogP contribution in [0.25, 0.3) is 0 Å². The number of carbonyl (C=O) groups is 2. The zero-order valence-corrected chi connectivity index (χ0v) is 14.1. The summed E-state index contributed by atoms with van der Waals surface area (Å²) in [5.74, 6) is -1.66. The van der Waals surface area contributed by atoms with Crippen molar-refractivity contribution in [2.45, 2.75) is 25.8 Å². The third-order valence-electron chi connectivity index (χ3n) is 4.59. The Morgan fingerprint density at radius 3 is 2.52 bits per heavy atom. The molecule has 0 radical (unpaired) electrons. The van der Waals surface area contributed by atoms with Gasteiger partial charge in [-0.15, -0.1) is 0 Å². The van der Waals surface area contributed by atoms with Crippen LogP contribution < -0.4 is 10.9 Å². The summed E-state index contributed by atoms with van der Waals surface area (Å²) < 4.78 is 1.42. The summed E-state index contributed by atoms with van der Waals surface area (Å²) in [6.45, 7) is 0.256. The van der Waals surface area contributed by atoms with Gasteiger partial charge in [-0.1, -0.05) is 36.2 Å². The standard InChI is InChI=1S/C18H17ClN2O4/c19-14-5-2-1-4-12(14)10-21-11-13(6-7-15(21)22)20-16(23)18(17(24)25)8-3-9-18/h1-2,4-7,11H,3,8-10H2,(H,20,23)(H,24,25). The predicted molar refractivity (Wildman–Crippen MR) is 93.8 cm³/mol. The fraction of sp³-hybridized carbons (Fsp3) is 0.278. The summed E-state index contributed by atoms with van der Waals surface area (Å²) in [6, 6.07) is 9.98. The number of aromatic nitrogens is 1. The quantitative estimate of drug-likeness (QED) is 0.802. The number of carboxylic acids is 1. The number of halogens is 1. The second-order valence-corrected chi connectivity index (χ2v) is 6.58. The fourth-order valence-electron chi connectivity index (χ4n) is 2.86. The van der Waals surface area contributed by atoms with Crippen molar-refractivity contribution in [1.29, 1.82) is 0 Å². The van der Waals surface area contributed by atoms with Gasteiger partial charge >= 0.3 is 5.97 Å². The topological polar surface area (TPSA) is 88.4 Å². The second-order valence-electron chi connectivity index (χ2n) is 6.17. The molecule has 0 unspecified atom stereocenters. The number of carboxylic acid groups (broad SMARTS) is 1. The highest BCUT2D eigenvalue weighted by Gasteiger charge is 2.51. The minimum Gasteiger partial charge on any atom is -0.480 e. The molecule has 2 N–H and O–H groups in total. The van der Waals surface area contributed by atoms with Crippen LogP contribution in [0.15, 0.2) is 47.4 Å². The van der Waals surface area contributed by atoms with E-state index in [0.717, 1.165) is 5.56 Å². The van der Waals surface area contributed by atoms with Crippen LogP contribution in [0.1, 0.15) is 24.8 Å². The van der Waals surface area contributed by atoms with Gasteiger partial charge in [0.15, 0.2) is 0 Å². The Kier molecular flexibility index (Phi) is 4.63. The zero-order chi connectivity index (χ0) is 18.0. The molecule has 0 bridgehead atoms. The number of benzene rings is 1. The first kappa shape index (κ1) is 17.2. The molecule has 1 aliphatic rings. The summed E-state index contributed by atoms with van der Waals surface area (Å²) >= 11 is 6.12. The molecular formula is C18H17ClN2O4. The van der Waals surface area contributed by atoms with Crippen molar-refractivity contribution < 1.29 is 14.7 Å². The number of rotatable bonds is 5. The number of nitrogens with one attached hydrogen (secondary N) is 1. The molecule has 1 amide bonds. The maximum atomic E-state index is 12.4. The Labute approximate surface area is 149 Å². The lowest BCUT2D eigenvalue weighted by Gasteiger charge is -2.35. The van der Waals surface area contributed by atoms with E-state index in [0.29, 0.717) is 30.0 Å². The van der Waals surface area contributed by atoms with Gasteiger partial charge in [0.1, 0.15) is 5.41 Å².